The second-order valence-corrected chi connectivity index (χ2v) is 6.34. The summed E-state index contributed by atoms with van der Waals surface area (Å²) in [5.74, 6) is 0.933. The largest absolute Gasteiger partial charge is 0.381 e. The zero-order valence-electron chi connectivity index (χ0n) is 15.8. The monoisotopic (exact) mass is 455 g/mol. The van der Waals surface area contributed by atoms with E-state index < -0.39 is 0 Å². The molecule has 1 saturated heterocycles. The Bertz CT molecular complexity index is 311. The number of nitrogens with one attached hydrogen (secondary N) is 2. The minimum atomic E-state index is 0. The molecule has 0 aromatic carbocycles. The third-order valence-electron chi connectivity index (χ3n) is 4.06. The van der Waals surface area contributed by atoms with Crippen LogP contribution in [0.3, 0.4) is 0 Å². The van der Waals surface area contributed by atoms with Gasteiger partial charge in [-0.3, -0.25) is 4.99 Å². The van der Waals surface area contributed by atoms with E-state index in [0.717, 1.165) is 58.1 Å². The van der Waals surface area contributed by atoms with Crippen LogP contribution < -0.4 is 10.6 Å². The Morgan fingerprint density at radius 2 is 1.96 bits per heavy atom. The molecule has 0 saturated carbocycles. The first-order chi connectivity index (χ1) is 11.3. The molecular formula is C18H38IN3O2. The van der Waals surface area contributed by atoms with Gasteiger partial charge in [0.2, 0.25) is 0 Å². The van der Waals surface area contributed by atoms with E-state index in [1.165, 1.54) is 25.7 Å². The number of rotatable bonds is 11. The van der Waals surface area contributed by atoms with Gasteiger partial charge in [-0.2, -0.15) is 0 Å². The fourth-order valence-electron chi connectivity index (χ4n) is 2.67. The van der Waals surface area contributed by atoms with E-state index in [1.807, 2.05) is 0 Å². The van der Waals surface area contributed by atoms with Gasteiger partial charge in [0, 0.05) is 39.0 Å². The van der Waals surface area contributed by atoms with Crippen LogP contribution in [0.2, 0.25) is 0 Å². The van der Waals surface area contributed by atoms with Crippen LogP contribution in [0.4, 0.5) is 0 Å². The zero-order chi connectivity index (χ0) is 16.8. The number of hydrogen-bond donors (Lipinski definition) is 2. The van der Waals surface area contributed by atoms with Crippen LogP contribution in [0.1, 0.15) is 65.7 Å². The quantitative estimate of drug-likeness (QED) is 0.216. The summed E-state index contributed by atoms with van der Waals surface area (Å²) in [6, 6.07) is 0.470. The lowest BCUT2D eigenvalue weighted by Gasteiger charge is -2.22. The Kier molecular flexibility index (Phi) is 16.3. The van der Waals surface area contributed by atoms with Crippen LogP contribution in [0.5, 0.6) is 0 Å². The minimum Gasteiger partial charge on any atom is -0.381 e. The van der Waals surface area contributed by atoms with E-state index >= 15 is 0 Å². The smallest absolute Gasteiger partial charge is 0.191 e. The number of ether oxygens (including phenoxy) is 2. The Morgan fingerprint density at radius 1 is 1.21 bits per heavy atom. The summed E-state index contributed by atoms with van der Waals surface area (Å²) in [7, 11) is 0. The molecule has 0 amide bonds. The SMILES string of the molecule is CCCCCC(C)NC(=NCCCOC1CCOCC1)NCC.I. The van der Waals surface area contributed by atoms with Crippen molar-refractivity contribution in [3.8, 4) is 0 Å². The molecule has 0 aromatic heterocycles. The summed E-state index contributed by atoms with van der Waals surface area (Å²) in [6.45, 7) is 10.8. The van der Waals surface area contributed by atoms with Crippen LogP contribution in [0, 0.1) is 0 Å². The molecule has 0 bridgehead atoms. The highest BCUT2D eigenvalue weighted by atomic mass is 127. The van der Waals surface area contributed by atoms with Crippen LogP contribution in [-0.4, -0.2) is 51.0 Å². The van der Waals surface area contributed by atoms with Crippen molar-refractivity contribution in [3.63, 3.8) is 0 Å². The molecule has 0 radical (unpaired) electrons. The number of guanidine groups is 1. The first-order valence-electron chi connectivity index (χ1n) is 9.50. The van der Waals surface area contributed by atoms with Crippen molar-refractivity contribution in [1.82, 2.24) is 10.6 Å². The molecule has 5 nitrogen and oxygen atoms in total. The predicted octanol–water partition coefficient (Wildman–Crippen LogP) is 3.71. The average Bonchev–Trinajstić information content (AvgIpc) is 2.56. The first kappa shape index (κ1) is 23.9. The van der Waals surface area contributed by atoms with Gasteiger partial charge in [-0.05, 0) is 39.5 Å². The minimum absolute atomic E-state index is 0. The van der Waals surface area contributed by atoms with Crippen LogP contribution in [-0.2, 0) is 9.47 Å². The molecule has 2 N–H and O–H groups in total. The molecule has 6 heteroatoms. The van der Waals surface area contributed by atoms with Crippen LogP contribution in [0.15, 0.2) is 4.99 Å². The molecule has 144 valence electrons. The molecule has 1 rings (SSSR count). The van der Waals surface area contributed by atoms with Gasteiger partial charge >= 0.3 is 0 Å². The van der Waals surface area contributed by atoms with E-state index in [9.17, 15) is 0 Å². The molecular weight excluding hydrogens is 417 g/mol. The normalized spacial score (nSPS) is 17.2. The summed E-state index contributed by atoms with van der Waals surface area (Å²) < 4.78 is 11.2. The number of nitrogens with zero attached hydrogens (tertiary/aromatic N) is 1. The molecule has 24 heavy (non-hydrogen) atoms. The highest BCUT2D eigenvalue weighted by Crippen LogP contribution is 2.10. The molecule has 0 spiro atoms. The van der Waals surface area contributed by atoms with Crippen molar-refractivity contribution in [2.45, 2.75) is 77.9 Å². The van der Waals surface area contributed by atoms with Gasteiger partial charge in [-0.15, -0.1) is 24.0 Å². The molecule has 1 fully saturated rings. The van der Waals surface area contributed by atoms with Gasteiger partial charge in [0.05, 0.1) is 6.10 Å². The van der Waals surface area contributed by atoms with Crippen molar-refractivity contribution < 1.29 is 9.47 Å². The maximum Gasteiger partial charge on any atom is 0.191 e. The van der Waals surface area contributed by atoms with Crippen LogP contribution in [0.25, 0.3) is 0 Å². The fraction of sp³-hybridized carbons (Fsp3) is 0.944. The summed E-state index contributed by atoms with van der Waals surface area (Å²) in [5, 5.41) is 6.82. The Hall–Kier alpha value is -0.0800. The highest BCUT2D eigenvalue weighted by molar-refractivity contribution is 14.0. The van der Waals surface area contributed by atoms with Gasteiger partial charge in [-0.25, -0.2) is 0 Å². The van der Waals surface area contributed by atoms with E-state index in [1.54, 1.807) is 0 Å². The van der Waals surface area contributed by atoms with Crippen molar-refractivity contribution in [3.05, 3.63) is 0 Å². The first-order valence-corrected chi connectivity index (χ1v) is 9.50. The Balaban J connectivity index is 0.00000529. The lowest BCUT2D eigenvalue weighted by Crippen LogP contribution is -2.42. The van der Waals surface area contributed by atoms with E-state index in [0.29, 0.717) is 12.1 Å². The molecule has 0 aromatic rings. The summed E-state index contributed by atoms with van der Waals surface area (Å²) in [4.78, 5) is 4.65. The van der Waals surface area contributed by atoms with Crippen molar-refractivity contribution in [2.24, 2.45) is 4.99 Å². The summed E-state index contributed by atoms with van der Waals surface area (Å²) in [6.07, 6.45) is 8.48. The molecule has 1 heterocycles. The van der Waals surface area contributed by atoms with Gasteiger partial charge in [-0.1, -0.05) is 26.2 Å². The zero-order valence-corrected chi connectivity index (χ0v) is 18.1. The Morgan fingerprint density at radius 3 is 2.62 bits per heavy atom. The van der Waals surface area contributed by atoms with Gasteiger partial charge in [0.25, 0.3) is 0 Å². The van der Waals surface area contributed by atoms with Crippen molar-refractivity contribution >= 4 is 29.9 Å². The van der Waals surface area contributed by atoms with Gasteiger partial charge < -0.3 is 20.1 Å². The van der Waals surface area contributed by atoms with Crippen molar-refractivity contribution in [1.29, 1.82) is 0 Å². The fourth-order valence-corrected chi connectivity index (χ4v) is 2.67. The lowest BCUT2D eigenvalue weighted by atomic mass is 10.1. The van der Waals surface area contributed by atoms with Crippen molar-refractivity contribution in [2.75, 3.05) is 32.9 Å². The molecule has 1 atom stereocenters. The highest BCUT2D eigenvalue weighted by Gasteiger charge is 2.13. The standard InChI is InChI=1S/C18H37N3O2.HI/c1-4-6-7-9-16(3)21-18(19-5-2)20-12-8-13-23-17-10-14-22-15-11-17;/h16-17H,4-15H2,1-3H3,(H2,19,20,21);1H. The van der Waals surface area contributed by atoms with E-state index in [4.69, 9.17) is 9.47 Å². The molecule has 1 unspecified atom stereocenters. The summed E-state index contributed by atoms with van der Waals surface area (Å²) >= 11 is 0. The molecule has 1 aliphatic rings. The van der Waals surface area contributed by atoms with Gasteiger partial charge in [0.15, 0.2) is 5.96 Å². The molecule has 0 aliphatic carbocycles. The maximum absolute atomic E-state index is 5.88. The number of halogens is 1. The number of aliphatic imine (C=N–C) groups is 1. The van der Waals surface area contributed by atoms with Crippen LogP contribution >= 0.6 is 24.0 Å². The molecule has 1 aliphatic heterocycles. The average molecular weight is 455 g/mol. The third kappa shape index (κ3) is 12.3. The Labute approximate surface area is 165 Å². The lowest BCUT2D eigenvalue weighted by molar-refractivity contribution is -0.0318. The topological polar surface area (TPSA) is 54.9 Å². The number of unbranched alkanes of at least 4 members (excludes halogenated alkanes) is 2. The summed E-state index contributed by atoms with van der Waals surface area (Å²) in [5.41, 5.74) is 0. The van der Waals surface area contributed by atoms with E-state index in [-0.39, 0.29) is 24.0 Å². The number of hydrogen-bond acceptors (Lipinski definition) is 3. The second kappa shape index (κ2) is 16.4. The van der Waals surface area contributed by atoms with E-state index in [2.05, 4.69) is 36.4 Å². The second-order valence-electron chi connectivity index (χ2n) is 6.34. The predicted molar refractivity (Wildman–Crippen MR) is 113 cm³/mol. The third-order valence-corrected chi connectivity index (χ3v) is 4.06. The van der Waals surface area contributed by atoms with Gasteiger partial charge in [0.1, 0.15) is 0 Å². The maximum atomic E-state index is 5.88.